The van der Waals surface area contributed by atoms with Gasteiger partial charge in [0.15, 0.2) is 6.29 Å². The van der Waals surface area contributed by atoms with Gasteiger partial charge in [-0.25, -0.2) is 0 Å². The van der Waals surface area contributed by atoms with Crippen LogP contribution in [0.5, 0.6) is 5.75 Å². The number of rotatable bonds is 7. The second-order valence-corrected chi connectivity index (χ2v) is 6.11. The first kappa shape index (κ1) is 17.7. The van der Waals surface area contributed by atoms with E-state index < -0.39 is 0 Å². The van der Waals surface area contributed by atoms with Gasteiger partial charge in [0.2, 0.25) is 5.91 Å². The molecule has 0 bridgehead atoms. The second-order valence-electron chi connectivity index (χ2n) is 6.11. The molecule has 5 heteroatoms. The molecule has 0 saturated carbocycles. The number of ether oxygens (including phenoxy) is 1. The topological polar surface area (TPSA) is 51.5 Å². The van der Waals surface area contributed by atoms with Crippen molar-refractivity contribution in [2.24, 2.45) is 0 Å². The Kier molecular flexibility index (Phi) is 5.37. The molecule has 3 rings (SSSR count). The lowest BCUT2D eigenvalue weighted by Crippen LogP contribution is -2.33. The van der Waals surface area contributed by atoms with E-state index in [1.165, 1.54) is 0 Å². The van der Waals surface area contributed by atoms with Crippen LogP contribution in [-0.2, 0) is 17.9 Å². The number of fused-ring (bicyclic) bond motifs is 1. The number of amides is 1. The van der Waals surface area contributed by atoms with E-state index in [-0.39, 0.29) is 12.5 Å². The molecular weight excluding hydrogens is 328 g/mol. The van der Waals surface area contributed by atoms with Crippen molar-refractivity contribution >= 4 is 23.1 Å². The van der Waals surface area contributed by atoms with Gasteiger partial charge in [0.1, 0.15) is 12.3 Å². The van der Waals surface area contributed by atoms with Crippen LogP contribution in [0, 0.1) is 0 Å². The lowest BCUT2D eigenvalue weighted by atomic mass is 10.2. The summed E-state index contributed by atoms with van der Waals surface area (Å²) >= 11 is 0. The maximum atomic E-state index is 12.8. The minimum Gasteiger partial charge on any atom is -0.497 e. The molecule has 5 nitrogen and oxygen atoms in total. The monoisotopic (exact) mass is 350 g/mol. The van der Waals surface area contributed by atoms with Crippen molar-refractivity contribution in [3.8, 4) is 5.75 Å². The molecule has 1 aromatic heterocycles. The molecule has 0 unspecified atom stereocenters. The van der Waals surface area contributed by atoms with Crippen LogP contribution in [-0.4, -0.2) is 35.3 Å². The number of hydrogen-bond acceptors (Lipinski definition) is 3. The zero-order valence-electron chi connectivity index (χ0n) is 15.0. The molecule has 0 spiro atoms. The van der Waals surface area contributed by atoms with Gasteiger partial charge in [-0.05, 0) is 30.7 Å². The summed E-state index contributed by atoms with van der Waals surface area (Å²) in [6, 6.07) is 15.5. The second kappa shape index (κ2) is 7.87. The molecule has 1 amide bonds. The molecule has 0 fully saturated rings. The lowest BCUT2D eigenvalue weighted by molar-refractivity contribution is -0.132. The van der Waals surface area contributed by atoms with Crippen LogP contribution in [0.1, 0.15) is 22.8 Å². The SMILES string of the molecule is CCN(Cc1ccccc1)C(=O)Cn1cc(C=O)c2cc(OC)ccc21. The van der Waals surface area contributed by atoms with Crippen molar-refractivity contribution in [2.45, 2.75) is 20.0 Å². The average Bonchev–Trinajstić information content (AvgIpc) is 3.03. The fourth-order valence-electron chi connectivity index (χ4n) is 3.08. The fourth-order valence-corrected chi connectivity index (χ4v) is 3.08. The Balaban J connectivity index is 1.85. The van der Waals surface area contributed by atoms with Gasteiger partial charge in [-0.2, -0.15) is 0 Å². The molecule has 0 aliphatic heterocycles. The molecule has 0 atom stereocenters. The van der Waals surface area contributed by atoms with Gasteiger partial charge in [0, 0.05) is 35.8 Å². The Morgan fingerprint density at radius 1 is 1.19 bits per heavy atom. The highest BCUT2D eigenvalue weighted by molar-refractivity contribution is 5.98. The van der Waals surface area contributed by atoms with Crippen molar-refractivity contribution in [3.63, 3.8) is 0 Å². The molecule has 1 heterocycles. The molecule has 0 radical (unpaired) electrons. The molecule has 0 aliphatic carbocycles. The molecule has 2 aromatic carbocycles. The van der Waals surface area contributed by atoms with E-state index in [1.807, 2.05) is 64.9 Å². The Morgan fingerprint density at radius 2 is 1.96 bits per heavy atom. The molecule has 0 saturated heterocycles. The van der Waals surface area contributed by atoms with Gasteiger partial charge < -0.3 is 14.2 Å². The summed E-state index contributed by atoms with van der Waals surface area (Å²) in [5.74, 6) is 0.699. The number of likely N-dealkylation sites (N-methyl/N-ethyl adjacent to an activating group) is 1. The quantitative estimate of drug-likeness (QED) is 0.613. The van der Waals surface area contributed by atoms with Crippen LogP contribution >= 0.6 is 0 Å². The van der Waals surface area contributed by atoms with Gasteiger partial charge in [-0.1, -0.05) is 30.3 Å². The first-order chi connectivity index (χ1) is 12.7. The maximum Gasteiger partial charge on any atom is 0.242 e. The van der Waals surface area contributed by atoms with Crippen LogP contribution in [0.25, 0.3) is 10.9 Å². The van der Waals surface area contributed by atoms with Gasteiger partial charge in [-0.3, -0.25) is 9.59 Å². The van der Waals surface area contributed by atoms with Crippen molar-refractivity contribution in [1.29, 1.82) is 0 Å². The third-order valence-electron chi connectivity index (χ3n) is 4.50. The van der Waals surface area contributed by atoms with Crippen molar-refractivity contribution in [1.82, 2.24) is 9.47 Å². The third kappa shape index (κ3) is 3.61. The predicted octanol–water partition coefficient (Wildman–Crippen LogP) is 3.51. The fraction of sp³-hybridized carbons (Fsp3) is 0.238. The Bertz CT molecular complexity index is 916. The summed E-state index contributed by atoms with van der Waals surface area (Å²) in [5.41, 5.74) is 2.49. The Morgan fingerprint density at radius 3 is 2.62 bits per heavy atom. The van der Waals surface area contributed by atoms with E-state index in [1.54, 1.807) is 13.3 Å². The summed E-state index contributed by atoms with van der Waals surface area (Å²) in [4.78, 5) is 26.0. The van der Waals surface area contributed by atoms with Crippen LogP contribution in [0.4, 0.5) is 0 Å². The zero-order valence-corrected chi connectivity index (χ0v) is 15.0. The number of carbonyl (C=O) groups is 2. The minimum absolute atomic E-state index is 0.0153. The van der Waals surface area contributed by atoms with Gasteiger partial charge in [0.25, 0.3) is 0 Å². The van der Waals surface area contributed by atoms with E-state index >= 15 is 0 Å². The first-order valence-corrected chi connectivity index (χ1v) is 8.60. The Hall–Kier alpha value is -3.08. The van der Waals surface area contributed by atoms with E-state index in [4.69, 9.17) is 4.74 Å². The smallest absolute Gasteiger partial charge is 0.242 e. The Labute approximate surface area is 152 Å². The number of nitrogens with zero attached hydrogens (tertiary/aromatic N) is 2. The third-order valence-corrected chi connectivity index (χ3v) is 4.50. The summed E-state index contributed by atoms with van der Waals surface area (Å²) in [6.07, 6.45) is 2.54. The number of benzene rings is 2. The molecule has 0 aliphatic rings. The predicted molar refractivity (Wildman–Crippen MR) is 101 cm³/mol. The molecular formula is C21H22N2O3. The van der Waals surface area contributed by atoms with Crippen LogP contribution in [0.15, 0.2) is 54.7 Å². The summed E-state index contributed by atoms with van der Waals surface area (Å²) in [7, 11) is 1.59. The lowest BCUT2D eigenvalue weighted by Gasteiger charge is -2.21. The van der Waals surface area contributed by atoms with Crippen molar-refractivity contribution in [3.05, 3.63) is 65.9 Å². The van der Waals surface area contributed by atoms with Crippen LogP contribution < -0.4 is 4.74 Å². The molecule has 3 aromatic rings. The number of methoxy groups -OCH3 is 1. The average molecular weight is 350 g/mol. The standard InChI is InChI=1S/C21H22N2O3/c1-3-22(12-16-7-5-4-6-8-16)21(25)14-23-13-17(15-24)19-11-18(26-2)9-10-20(19)23/h4-11,13,15H,3,12,14H2,1-2H3. The number of carbonyl (C=O) groups excluding carboxylic acids is 2. The van der Waals surface area contributed by atoms with Crippen LogP contribution in [0.2, 0.25) is 0 Å². The highest BCUT2D eigenvalue weighted by Gasteiger charge is 2.16. The summed E-state index contributed by atoms with van der Waals surface area (Å²) in [5, 5.41) is 0.790. The van der Waals surface area contributed by atoms with E-state index in [2.05, 4.69) is 0 Å². The van der Waals surface area contributed by atoms with Gasteiger partial charge in [-0.15, -0.1) is 0 Å². The van der Waals surface area contributed by atoms with E-state index in [9.17, 15) is 9.59 Å². The highest BCUT2D eigenvalue weighted by atomic mass is 16.5. The summed E-state index contributed by atoms with van der Waals surface area (Å²) < 4.78 is 7.06. The highest BCUT2D eigenvalue weighted by Crippen LogP contribution is 2.25. The van der Waals surface area contributed by atoms with Gasteiger partial charge >= 0.3 is 0 Å². The van der Waals surface area contributed by atoms with Crippen molar-refractivity contribution < 1.29 is 14.3 Å². The van der Waals surface area contributed by atoms with Crippen LogP contribution in [0.3, 0.4) is 0 Å². The first-order valence-electron chi connectivity index (χ1n) is 8.60. The largest absolute Gasteiger partial charge is 0.497 e. The van der Waals surface area contributed by atoms with E-state index in [0.717, 1.165) is 22.8 Å². The van der Waals surface area contributed by atoms with Gasteiger partial charge in [0.05, 0.1) is 7.11 Å². The molecule has 134 valence electrons. The minimum atomic E-state index is 0.0153. The molecule has 0 N–H and O–H groups in total. The van der Waals surface area contributed by atoms with Crippen molar-refractivity contribution in [2.75, 3.05) is 13.7 Å². The maximum absolute atomic E-state index is 12.8. The number of aromatic nitrogens is 1. The zero-order chi connectivity index (χ0) is 18.5. The summed E-state index contributed by atoms with van der Waals surface area (Å²) in [6.45, 7) is 3.36. The molecule has 26 heavy (non-hydrogen) atoms. The normalized spacial score (nSPS) is 10.7. The van der Waals surface area contributed by atoms with E-state index in [0.29, 0.717) is 24.4 Å². The number of aldehydes is 1. The number of hydrogen-bond donors (Lipinski definition) is 0.